The quantitative estimate of drug-likeness (QED) is 0.760. The molecule has 0 bridgehead atoms. The standard InChI is InChI=1S/C12H20N2O4/c1-8(2)14(7-11(16)17)12(18)9-5-3-4-6-10(15)13-9/h8-9H,3-7H2,1-2H3,(H,13,15)(H,16,17). The zero-order chi connectivity index (χ0) is 13.7. The van der Waals surface area contributed by atoms with Gasteiger partial charge in [-0.2, -0.15) is 0 Å². The Kier molecular flexibility index (Phi) is 5.12. The molecule has 2 amide bonds. The summed E-state index contributed by atoms with van der Waals surface area (Å²) in [7, 11) is 0. The van der Waals surface area contributed by atoms with Gasteiger partial charge in [-0.15, -0.1) is 0 Å². The fourth-order valence-corrected chi connectivity index (χ4v) is 2.02. The molecule has 0 aromatic heterocycles. The summed E-state index contributed by atoms with van der Waals surface area (Å²) >= 11 is 0. The normalized spacial score (nSPS) is 20.2. The summed E-state index contributed by atoms with van der Waals surface area (Å²) in [6.07, 6.45) is 2.59. The molecule has 0 radical (unpaired) electrons. The maximum absolute atomic E-state index is 12.2. The Morgan fingerprint density at radius 3 is 2.67 bits per heavy atom. The summed E-state index contributed by atoms with van der Waals surface area (Å²) in [6.45, 7) is 3.20. The molecular formula is C12H20N2O4. The minimum Gasteiger partial charge on any atom is -0.480 e. The molecule has 6 nitrogen and oxygen atoms in total. The molecule has 1 saturated heterocycles. The SMILES string of the molecule is CC(C)N(CC(=O)O)C(=O)C1CCCCC(=O)N1. The summed E-state index contributed by atoms with van der Waals surface area (Å²) in [6, 6.07) is -0.782. The van der Waals surface area contributed by atoms with Crippen LogP contribution in [0.3, 0.4) is 0 Å². The highest BCUT2D eigenvalue weighted by Gasteiger charge is 2.29. The van der Waals surface area contributed by atoms with Gasteiger partial charge in [0.2, 0.25) is 11.8 Å². The maximum Gasteiger partial charge on any atom is 0.323 e. The second kappa shape index (κ2) is 6.37. The van der Waals surface area contributed by atoms with Gasteiger partial charge in [0, 0.05) is 12.5 Å². The Hall–Kier alpha value is -1.59. The third-order valence-corrected chi connectivity index (χ3v) is 2.99. The molecule has 1 atom stereocenters. The first kappa shape index (κ1) is 14.5. The number of aliphatic carboxylic acids is 1. The van der Waals surface area contributed by atoms with Crippen molar-refractivity contribution in [1.82, 2.24) is 10.2 Å². The number of hydrogen-bond acceptors (Lipinski definition) is 3. The highest BCUT2D eigenvalue weighted by Crippen LogP contribution is 2.13. The van der Waals surface area contributed by atoms with E-state index in [2.05, 4.69) is 5.32 Å². The highest BCUT2D eigenvalue weighted by molar-refractivity contribution is 5.89. The van der Waals surface area contributed by atoms with Crippen LogP contribution in [-0.2, 0) is 14.4 Å². The smallest absolute Gasteiger partial charge is 0.323 e. The Morgan fingerprint density at radius 1 is 1.44 bits per heavy atom. The fourth-order valence-electron chi connectivity index (χ4n) is 2.02. The molecule has 1 aliphatic rings. The third-order valence-electron chi connectivity index (χ3n) is 2.99. The van der Waals surface area contributed by atoms with Crippen molar-refractivity contribution in [2.75, 3.05) is 6.54 Å². The Labute approximate surface area is 106 Å². The molecule has 102 valence electrons. The average Bonchev–Trinajstić information content (AvgIpc) is 2.49. The van der Waals surface area contributed by atoms with Gasteiger partial charge >= 0.3 is 5.97 Å². The molecular weight excluding hydrogens is 236 g/mol. The summed E-state index contributed by atoms with van der Waals surface area (Å²) in [5, 5.41) is 11.5. The Balaban J connectivity index is 2.74. The van der Waals surface area contributed by atoms with Crippen molar-refractivity contribution < 1.29 is 19.5 Å². The topological polar surface area (TPSA) is 86.7 Å². The molecule has 1 aliphatic heterocycles. The molecule has 1 heterocycles. The highest BCUT2D eigenvalue weighted by atomic mass is 16.4. The lowest BCUT2D eigenvalue weighted by atomic mass is 10.1. The van der Waals surface area contributed by atoms with Crippen molar-refractivity contribution >= 4 is 17.8 Å². The van der Waals surface area contributed by atoms with Gasteiger partial charge in [-0.3, -0.25) is 14.4 Å². The van der Waals surface area contributed by atoms with Crippen LogP contribution in [0.1, 0.15) is 39.5 Å². The van der Waals surface area contributed by atoms with E-state index < -0.39 is 12.0 Å². The molecule has 18 heavy (non-hydrogen) atoms. The van der Waals surface area contributed by atoms with Gasteiger partial charge in [-0.25, -0.2) is 0 Å². The van der Waals surface area contributed by atoms with E-state index in [1.807, 2.05) is 0 Å². The van der Waals surface area contributed by atoms with Gasteiger partial charge in [-0.05, 0) is 26.7 Å². The van der Waals surface area contributed by atoms with E-state index in [4.69, 9.17) is 5.11 Å². The molecule has 6 heteroatoms. The van der Waals surface area contributed by atoms with E-state index >= 15 is 0 Å². The van der Waals surface area contributed by atoms with Gasteiger partial charge in [0.05, 0.1) is 0 Å². The Morgan fingerprint density at radius 2 is 2.11 bits per heavy atom. The first-order chi connectivity index (χ1) is 8.41. The van der Waals surface area contributed by atoms with Crippen molar-refractivity contribution in [3.8, 4) is 0 Å². The van der Waals surface area contributed by atoms with Crippen LogP contribution in [0.15, 0.2) is 0 Å². The number of nitrogens with one attached hydrogen (secondary N) is 1. The van der Waals surface area contributed by atoms with E-state index in [0.29, 0.717) is 12.8 Å². The van der Waals surface area contributed by atoms with Crippen LogP contribution in [-0.4, -0.2) is 46.4 Å². The zero-order valence-electron chi connectivity index (χ0n) is 10.8. The molecule has 0 spiro atoms. The van der Waals surface area contributed by atoms with Crippen LogP contribution in [0, 0.1) is 0 Å². The minimum atomic E-state index is -1.04. The molecule has 1 fully saturated rings. The minimum absolute atomic E-state index is 0.134. The summed E-state index contributed by atoms with van der Waals surface area (Å²) < 4.78 is 0. The van der Waals surface area contributed by atoms with Crippen molar-refractivity contribution in [3.63, 3.8) is 0 Å². The number of carboxylic acids is 1. The fraction of sp³-hybridized carbons (Fsp3) is 0.750. The van der Waals surface area contributed by atoms with Gasteiger partial charge in [0.1, 0.15) is 12.6 Å². The molecule has 0 aromatic carbocycles. The van der Waals surface area contributed by atoms with Crippen LogP contribution in [0.5, 0.6) is 0 Å². The third kappa shape index (κ3) is 4.01. The van der Waals surface area contributed by atoms with Gasteiger partial charge < -0.3 is 15.3 Å². The van der Waals surface area contributed by atoms with Crippen molar-refractivity contribution in [2.45, 2.75) is 51.6 Å². The number of carboxylic acid groups (broad SMARTS) is 1. The second-order valence-corrected chi connectivity index (χ2v) is 4.82. The van der Waals surface area contributed by atoms with Crippen molar-refractivity contribution in [1.29, 1.82) is 0 Å². The summed E-state index contributed by atoms with van der Waals surface area (Å²) in [5.74, 6) is -1.48. The van der Waals surface area contributed by atoms with Crippen molar-refractivity contribution in [3.05, 3.63) is 0 Å². The van der Waals surface area contributed by atoms with Crippen molar-refractivity contribution in [2.24, 2.45) is 0 Å². The van der Waals surface area contributed by atoms with E-state index in [1.165, 1.54) is 4.90 Å². The lowest BCUT2D eigenvalue weighted by Gasteiger charge is -2.29. The maximum atomic E-state index is 12.2. The van der Waals surface area contributed by atoms with Crippen LogP contribution in [0.2, 0.25) is 0 Å². The van der Waals surface area contributed by atoms with Crippen LogP contribution < -0.4 is 5.32 Å². The molecule has 1 rings (SSSR count). The van der Waals surface area contributed by atoms with Gasteiger partial charge in [0.25, 0.3) is 0 Å². The lowest BCUT2D eigenvalue weighted by molar-refractivity contribution is -0.147. The zero-order valence-corrected chi connectivity index (χ0v) is 10.8. The molecule has 2 N–H and O–H groups in total. The predicted molar refractivity (Wildman–Crippen MR) is 64.9 cm³/mol. The van der Waals surface area contributed by atoms with Crippen LogP contribution >= 0.6 is 0 Å². The van der Waals surface area contributed by atoms with E-state index in [9.17, 15) is 14.4 Å². The molecule has 0 aliphatic carbocycles. The largest absolute Gasteiger partial charge is 0.480 e. The second-order valence-electron chi connectivity index (χ2n) is 4.82. The lowest BCUT2D eigenvalue weighted by Crippen LogP contribution is -2.51. The number of carbonyl (C=O) groups excluding carboxylic acids is 2. The monoisotopic (exact) mass is 256 g/mol. The number of rotatable bonds is 4. The molecule has 0 saturated carbocycles. The summed E-state index contributed by atoms with van der Waals surface area (Å²) in [5.41, 5.74) is 0. The first-order valence-electron chi connectivity index (χ1n) is 6.23. The number of carbonyl (C=O) groups is 3. The van der Waals surface area contributed by atoms with E-state index in [1.54, 1.807) is 13.8 Å². The number of nitrogens with zero attached hydrogens (tertiary/aromatic N) is 1. The summed E-state index contributed by atoms with van der Waals surface area (Å²) in [4.78, 5) is 35.7. The number of amides is 2. The van der Waals surface area contributed by atoms with Crippen LogP contribution in [0.25, 0.3) is 0 Å². The van der Waals surface area contributed by atoms with Crippen LogP contribution in [0.4, 0.5) is 0 Å². The van der Waals surface area contributed by atoms with Gasteiger partial charge in [0.15, 0.2) is 0 Å². The average molecular weight is 256 g/mol. The van der Waals surface area contributed by atoms with E-state index in [0.717, 1.165) is 12.8 Å². The molecule has 0 aromatic rings. The van der Waals surface area contributed by atoms with Gasteiger partial charge in [-0.1, -0.05) is 6.42 Å². The first-order valence-corrected chi connectivity index (χ1v) is 6.23. The molecule has 1 unspecified atom stereocenters. The number of hydrogen-bond donors (Lipinski definition) is 2. The van der Waals surface area contributed by atoms with E-state index in [-0.39, 0.29) is 24.4 Å². The predicted octanol–water partition coefficient (Wildman–Crippen LogP) is 0.367. The Bertz CT molecular complexity index is 341.